The van der Waals surface area contributed by atoms with Crippen molar-refractivity contribution in [2.24, 2.45) is 5.16 Å². The van der Waals surface area contributed by atoms with E-state index in [-0.39, 0.29) is 33.7 Å². The van der Waals surface area contributed by atoms with E-state index in [1.807, 2.05) is 0 Å². The molecule has 1 aliphatic rings. The third-order valence-electron chi connectivity index (χ3n) is 6.32. The second-order valence-corrected chi connectivity index (χ2v) is 9.68. The van der Waals surface area contributed by atoms with Crippen molar-refractivity contribution in [3.63, 3.8) is 0 Å². The van der Waals surface area contributed by atoms with E-state index in [9.17, 15) is 49.4 Å². The zero-order valence-corrected chi connectivity index (χ0v) is 21.1. The lowest BCUT2D eigenvalue weighted by Gasteiger charge is -2.30. The van der Waals surface area contributed by atoms with Gasteiger partial charge in [-0.2, -0.15) is 39.5 Å². The molecule has 3 aromatic rings. The maximum absolute atomic E-state index is 14.4. The number of carbonyl (C=O) groups is 1. The number of hydrogen-bond acceptors (Lipinski definition) is 4. The molecule has 2 atom stereocenters. The summed E-state index contributed by atoms with van der Waals surface area (Å²) in [5.41, 5.74) is -5.92. The zero-order valence-electron chi connectivity index (χ0n) is 20.4. The molecule has 2 unspecified atom stereocenters. The van der Waals surface area contributed by atoms with E-state index in [2.05, 4.69) is 10.5 Å². The molecule has 15 heteroatoms. The van der Waals surface area contributed by atoms with Crippen molar-refractivity contribution >= 4 is 34.0 Å². The monoisotopic (exact) mass is 612 g/mol. The lowest BCUT2D eigenvalue weighted by molar-refractivity contribution is -0.276. The average Bonchev–Trinajstić information content (AvgIpc) is 3.32. The largest absolute Gasteiger partial charge is 0.435 e. The topological polar surface area (TPSA) is 70.9 Å². The summed E-state index contributed by atoms with van der Waals surface area (Å²) < 4.78 is 121. The van der Waals surface area contributed by atoms with E-state index in [1.54, 1.807) is 0 Å². The number of aliphatic hydroxyl groups excluding tert-OH is 1. The molecule has 0 spiro atoms. The van der Waals surface area contributed by atoms with Crippen molar-refractivity contribution in [3.05, 3.63) is 81.9 Å². The molecule has 0 aromatic heterocycles. The van der Waals surface area contributed by atoms with Crippen molar-refractivity contribution in [2.45, 2.75) is 43.1 Å². The molecule has 1 heterocycles. The Bertz CT molecular complexity index is 1500. The van der Waals surface area contributed by atoms with Gasteiger partial charge in [-0.3, -0.25) is 4.79 Å². The van der Waals surface area contributed by atoms with Gasteiger partial charge in [0, 0.05) is 34.7 Å². The first kappa shape index (κ1) is 30.4. The lowest BCUT2D eigenvalue weighted by Crippen LogP contribution is -2.43. The molecule has 4 rings (SSSR count). The van der Waals surface area contributed by atoms with Crippen LogP contribution in [0.15, 0.2) is 59.8 Å². The summed E-state index contributed by atoms with van der Waals surface area (Å²) in [4.78, 5) is 17.6. The number of nitrogens with zero attached hydrogens (tertiary/aromatic N) is 1. The van der Waals surface area contributed by atoms with Gasteiger partial charge in [0.05, 0.1) is 23.8 Å². The summed E-state index contributed by atoms with van der Waals surface area (Å²) in [6.45, 7) is -0.720. The quantitative estimate of drug-likeness (QED) is 0.291. The Balaban J connectivity index is 1.69. The average molecular weight is 613 g/mol. The first-order chi connectivity index (χ1) is 18.9. The Morgan fingerprint density at radius 1 is 1.00 bits per heavy atom. The predicted molar refractivity (Wildman–Crippen MR) is 129 cm³/mol. The fourth-order valence-electron chi connectivity index (χ4n) is 4.43. The van der Waals surface area contributed by atoms with Crippen LogP contribution in [0.25, 0.3) is 10.8 Å². The second kappa shape index (κ2) is 10.7. The van der Waals surface area contributed by atoms with Crippen LogP contribution in [0.5, 0.6) is 0 Å². The van der Waals surface area contributed by atoms with Gasteiger partial charge in [0.15, 0.2) is 0 Å². The van der Waals surface area contributed by atoms with Gasteiger partial charge in [-0.05, 0) is 35.0 Å². The Hall–Kier alpha value is -3.52. The third-order valence-corrected chi connectivity index (χ3v) is 6.54. The number of fused-ring (bicyclic) bond motifs is 1. The highest BCUT2D eigenvalue weighted by molar-refractivity contribution is 6.30. The number of aliphatic hydroxyl groups is 1. The Labute approximate surface area is 230 Å². The molecule has 0 fully saturated rings. The lowest BCUT2D eigenvalue weighted by atomic mass is 9.84. The minimum atomic E-state index is -5.24. The number of oxime groups is 1. The first-order valence-corrected chi connectivity index (χ1v) is 12.0. The molecule has 1 aliphatic heterocycles. The van der Waals surface area contributed by atoms with Crippen molar-refractivity contribution in [3.8, 4) is 0 Å². The van der Waals surface area contributed by atoms with Crippen molar-refractivity contribution in [1.29, 1.82) is 0 Å². The highest BCUT2D eigenvalue weighted by atomic mass is 35.5. The molecule has 1 amide bonds. The van der Waals surface area contributed by atoms with Crippen molar-refractivity contribution in [1.82, 2.24) is 5.32 Å². The number of nitrogens with one attached hydrogen (secondary N) is 1. The van der Waals surface area contributed by atoms with Crippen LogP contribution in [0.3, 0.4) is 0 Å². The number of hydrogen-bond donors (Lipinski definition) is 2. The first-order valence-electron chi connectivity index (χ1n) is 11.7. The molecule has 0 radical (unpaired) electrons. The third kappa shape index (κ3) is 6.38. The van der Waals surface area contributed by atoms with E-state index < -0.39 is 71.7 Å². The molecule has 3 aromatic carbocycles. The summed E-state index contributed by atoms with van der Waals surface area (Å²) in [5.74, 6) is -0.859. The van der Waals surface area contributed by atoms with Crippen LogP contribution in [-0.2, 0) is 16.6 Å². The van der Waals surface area contributed by atoms with Crippen LogP contribution >= 0.6 is 11.6 Å². The summed E-state index contributed by atoms with van der Waals surface area (Å²) in [5, 5.41) is 15.1. The number of alkyl halides is 9. The maximum Gasteiger partial charge on any atom is 0.435 e. The van der Waals surface area contributed by atoms with Crippen molar-refractivity contribution in [2.75, 3.05) is 6.54 Å². The number of amides is 1. The Kier molecular flexibility index (Phi) is 7.95. The van der Waals surface area contributed by atoms with Crippen LogP contribution in [0.1, 0.15) is 39.9 Å². The summed E-state index contributed by atoms with van der Waals surface area (Å²) in [7, 11) is 0. The SMILES string of the molecule is O=C(NCC(O)CC(F)(F)F)c1ccc(C2=NOC(c3cc(Cl)cc(C(F)(F)F)c3)(C(F)(F)F)C2)c2ccccc12. The van der Waals surface area contributed by atoms with E-state index in [4.69, 9.17) is 16.4 Å². The van der Waals surface area contributed by atoms with E-state index in [1.165, 1.54) is 36.4 Å². The van der Waals surface area contributed by atoms with Gasteiger partial charge in [0.25, 0.3) is 11.5 Å². The van der Waals surface area contributed by atoms with Gasteiger partial charge < -0.3 is 15.3 Å². The number of halogens is 10. The van der Waals surface area contributed by atoms with Crippen LogP contribution in [-0.4, -0.2) is 41.7 Å². The summed E-state index contributed by atoms with van der Waals surface area (Å²) >= 11 is 5.73. The van der Waals surface area contributed by atoms with Gasteiger partial charge in [0.1, 0.15) is 0 Å². The molecule has 0 bridgehead atoms. The molecule has 220 valence electrons. The second-order valence-electron chi connectivity index (χ2n) is 9.25. The highest BCUT2D eigenvalue weighted by Crippen LogP contribution is 2.50. The molecule has 0 saturated heterocycles. The van der Waals surface area contributed by atoms with Gasteiger partial charge in [0.2, 0.25) is 0 Å². The van der Waals surface area contributed by atoms with Gasteiger partial charge >= 0.3 is 18.5 Å². The summed E-state index contributed by atoms with van der Waals surface area (Å²) in [6, 6.07) is 9.78. The minimum Gasteiger partial charge on any atom is -0.391 e. The Morgan fingerprint density at radius 2 is 1.66 bits per heavy atom. The van der Waals surface area contributed by atoms with Gasteiger partial charge in [-0.1, -0.05) is 47.1 Å². The number of carbonyl (C=O) groups excluding carboxylic acids is 1. The van der Waals surface area contributed by atoms with Crippen LogP contribution < -0.4 is 5.32 Å². The number of benzene rings is 3. The zero-order chi connectivity index (χ0) is 30.4. The standard InChI is InChI=1S/C26H18ClF9N2O3/c27-15-8-13(7-14(9-15)25(31,32)33)23(26(34,35)36)11-21(38-41-23)19-5-6-20(18-4-2-1-3-17(18)19)22(40)37-12-16(39)10-24(28,29)30/h1-9,16,39H,10-12H2,(H,37,40). The van der Waals surface area contributed by atoms with Crippen molar-refractivity contribution < 1.29 is 54.3 Å². The summed E-state index contributed by atoms with van der Waals surface area (Å²) in [6.07, 6.45) is -19.4. The molecule has 0 saturated carbocycles. The highest BCUT2D eigenvalue weighted by Gasteiger charge is 2.62. The molecule has 41 heavy (non-hydrogen) atoms. The minimum absolute atomic E-state index is 0.0604. The smallest absolute Gasteiger partial charge is 0.391 e. The predicted octanol–water partition coefficient (Wildman–Crippen LogP) is 7.14. The fraction of sp³-hybridized carbons (Fsp3) is 0.308. The van der Waals surface area contributed by atoms with Crippen LogP contribution in [0.2, 0.25) is 5.02 Å². The molecular weight excluding hydrogens is 595 g/mol. The fourth-order valence-corrected chi connectivity index (χ4v) is 4.66. The van der Waals surface area contributed by atoms with Crippen LogP contribution in [0.4, 0.5) is 39.5 Å². The number of rotatable bonds is 6. The maximum atomic E-state index is 14.4. The van der Waals surface area contributed by atoms with E-state index >= 15 is 0 Å². The van der Waals surface area contributed by atoms with Gasteiger partial charge in [-0.25, -0.2) is 0 Å². The van der Waals surface area contributed by atoms with Gasteiger partial charge in [-0.15, -0.1) is 0 Å². The molecule has 0 aliphatic carbocycles. The molecular formula is C26H18ClF9N2O3. The molecule has 5 nitrogen and oxygen atoms in total. The van der Waals surface area contributed by atoms with E-state index in [0.29, 0.717) is 12.1 Å². The molecule has 2 N–H and O–H groups in total. The normalized spacial score (nSPS) is 18.7. The van der Waals surface area contributed by atoms with Crippen LogP contribution in [0, 0.1) is 0 Å². The van der Waals surface area contributed by atoms with E-state index in [0.717, 1.165) is 0 Å². The Morgan fingerprint density at radius 3 is 2.27 bits per heavy atom.